The second-order valence-electron chi connectivity index (χ2n) is 6.18. The van der Waals surface area contributed by atoms with Crippen molar-refractivity contribution < 1.29 is 22.7 Å². The van der Waals surface area contributed by atoms with Crippen molar-refractivity contribution in [3.8, 4) is 0 Å². The van der Waals surface area contributed by atoms with Crippen LogP contribution in [0.25, 0.3) is 0 Å². The van der Waals surface area contributed by atoms with Crippen molar-refractivity contribution in [2.45, 2.75) is 26.4 Å². The molecule has 0 saturated carbocycles. The van der Waals surface area contributed by atoms with Gasteiger partial charge in [0, 0.05) is 44.0 Å². The molecule has 1 heterocycles. The van der Waals surface area contributed by atoms with Crippen molar-refractivity contribution in [1.29, 1.82) is 0 Å². The van der Waals surface area contributed by atoms with Gasteiger partial charge in [-0.15, -0.1) is 0 Å². The van der Waals surface area contributed by atoms with Crippen LogP contribution in [0.3, 0.4) is 0 Å². The summed E-state index contributed by atoms with van der Waals surface area (Å²) in [6.07, 6.45) is -0.413. The van der Waals surface area contributed by atoms with Gasteiger partial charge in [-0.3, -0.25) is 0 Å². The Labute approximate surface area is 127 Å². The minimum atomic E-state index is -1.48. The number of halogens is 3. The first-order chi connectivity index (χ1) is 10.2. The molecule has 1 saturated heterocycles. The van der Waals surface area contributed by atoms with E-state index >= 15 is 0 Å². The van der Waals surface area contributed by atoms with Gasteiger partial charge in [-0.05, 0) is 20.8 Å². The number of ether oxygens (including phenoxy) is 1. The van der Waals surface area contributed by atoms with Gasteiger partial charge < -0.3 is 14.5 Å². The number of amides is 1. The molecule has 0 bridgehead atoms. The van der Waals surface area contributed by atoms with Crippen LogP contribution in [-0.4, -0.2) is 42.8 Å². The molecule has 0 atom stereocenters. The fourth-order valence-corrected chi connectivity index (χ4v) is 2.20. The van der Waals surface area contributed by atoms with Crippen LogP contribution in [0.2, 0.25) is 0 Å². The van der Waals surface area contributed by atoms with Crippen molar-refractivity contribution in [2.24, 2.45) is 0 Å². The fraction of sp³-hybridized carbons (Fsp3) is 0.533. The van der Waals surface area contributed by atoms with Gasteiger partial charge in [-0.1, -0.05) is 0 Å². The zero-order valence-corrected chi connectivity index (χ0v) is 12.8. The Morgan fingerprint density at radius 1 is 1.05 bits per heavy atom. The highest BCUT2D eigenvalue weighted by Crippen LogP contribution is 2.22. The van der Waals surface area contributed by atoms with Gasteiger partial charge in [-0.2, -0.15) is 0 Å². The maximum Gasteiger partial charge on any atom is 0.410 e. The van der Waals surface area contributed by atoms with Crippen molar-refractivity contribution in [2.75, 3.05) is 31.1 Å². The number of hydrogen-bond donors (Lipinski definition) is 0. The summed E-state index contributed by atoms with van der Waals surface area (Å²) in [6, 6.07) is 1.92. The van der Waals surface area contributed by atoms with E-state index in [1.165, 1.54) is 4.90 Å². The third-order valence-electron chi connectivity index (χ3n) is 3.27. The Morgan fingerprint density at radius 2 is 1.55 bits per heavy atom. The summed E-state index contributed by atoms with van der Waals surface area (Å²) < 4.78 is 44.8. The summed E-state index contributed by atoms with van der Waals surface area (Å²) in [5, 5.41) is 0. The summed E-state index contributed by atoms with van der Waals surface area (Å²) in [6.45, 7) is 6.88. The molecule has 7 heteroatoms. The van der Waals surface area contributed by atoms with Crippen LogP contribution in [0.4, 0.5) is 23.7 Å². The molecule has 1 aromatic carbocycles. The molecule has 122 valence electrons. The van der Waals surface area contributed by atoms with Crippen molar-refractivity contribution in [3.05, 3.63) is 29.6 Å². The molecule has 4 nitrogen and oxygen atoms in total. The summed E-state index contributed by atoms with van der Waals surface area (Å²) in [5.41, 5.74) is -0.308. The predicted molar refractivity (Wildman–Crippen MR) is 76.3 cm³/mol. The Balaban J connectivity index is 1.99. The van der Waals surface area contributed by atoms with Gasteiger partial charge in [-0.25, -0.2) is 18.0 Å². The number of carbonyl (C=O) groups excluding carboxylic acids is 1. The van der Waals surface area contributed by atoms with E-state index < -0.39 is 29.1 Å². The summed E-state index contributed by atoms with van der Waals surface area (Å²) in [5.74, 6) is -3.91. The number of nitrogens with zero attached hydrogens (tertiary/aromatic N) is 2. The minimum absolute atomic E-state index is 0.264. The number of piperazine rings is 1. The van der Waals surface area contributed by atoms with E-state index in [1.807, 2.05) is 0 Å². The SMILES string of the molecule is CC(C)(C)OC(=O)N1CCN(c2cc(F)c(F)c(F)c2)CC1. The lowest BCUT2D eigenvalue weighted by atomic mass is 10.2. The fourth-order valence-electron chi connectivity index (χ4n) is 2.20. The summed E-state index contributed by atoms with van der Waals surface area (Å²) in [7, 11) is 0. The number of benzene rings is 1. The highest BCUT2D eigenvalue weighted by molar-refractivity contribution is 5.68. The Kier molecular flexibility index (Phi) is 4.53. The zero-order valence-electron chi connectivity index (χ0n) is 12.8. The first kappa shape index (κ1) is 16.5. The largest absolute Gasteiger partial charge is 0.444 e. The van der Waals surface area contributed by atoms with E-state index in [9.17, 15) is 18.0 Å². The third kappa shape index (κ3) is 3.84. The lowest BCUT2D eigenvalue weighted by molar-refractivity contribution is 0.0240. The number of hydrogen-bond acceptors (Lipinski definition) is 3. The summed E-state index contributed by atoms with van der Waals surface area (Å²) in [4.78, 5) is 15.2. The Morgan fingerprint density at radius 3 is 2.00 bits per heavy atom. The molecule has 2 rings (SSSR count). The number of anilines is 1. The molecule has 0 N–H and O–H groups in total. The van der Waals surface area contributed by atoms with Crippen LogP contribution in [0.5, 0.6) is 0 Å². The third-order valence-corrected chi connectivity index (χ3v) is 3.27. The molecule has 0 unspecified atom stereocenters. The molecule has 1 aliphatic heterocycles. The lowest BCUT2D eigenvalue weighted by Crippen LogP contribution is -2.50. The Bertz CT molecular complexity index is 541. The Hall–Kier alpha value is -1.92. The van der Waals surface area contributed by atoms with E-state index in [4.69, 9.17) is 4.74 Å². The van der Waals surface area contributed by atoms with Gasteiger partial charge in [0.15, 0.2) is 17.5 Å². The van der Waals surface area contributed by atoms with E-state index in [-0.39, 0.29) is 5.69 Å². The van der Waals surface area contributed by atoms with Gasteiger partial charge in [0.25, 0.3) is 0 Å². The molecular weight excluding hydrogens is 297 g/mol. The topological polar surface area (TPSA) is 32.8 Å². The lowest BCUT2D eigenvalue weighted by Gasteiger charge is -2.36. The van der Waals surface area contributed by atoms with Crippen LogP contribution < -0.4 is 4.90 Å². The smallest absolute Gasteiger partial charge is 0.410 e. The van der Waals surface area contributed by atoms with E-state index in [1.54, 1.807) is 25.7 Å². The second-order valence-corrected chi connectivity index (χ2v) is 6.18. The molecule has 0 radical (unpaired) electrons. The molecule has 22 heavy (non-hydrogen) atoms. The average Bonchev–Trinajstić information content (AvgIpc) is 2.42. The first-order valence-corrected chi connectivity index (χ1v) is 7.05. The quantitative estimate of drug-likeness (QED) is 0.746. The molecule has 1 fully saturated rings. The standard InChI is InChI=1S/C15H19F3N2O2/c1-15(2,3)22-14(21)20-6-4-19(5-7-20)10-8-11(16)13(18)12(17)9-10/h8-9H,4-7H2,1-3H3. The number of rotatable bonds is 1. The van der Waals surface area contributed by atoms with Crippen LogP contribution >= 0.6 is 0 Å². The first-order valence-electron chi connectivity index (χ1n) is 7.05. The van der Waals surface area contributed by atoms with Gasteiger partial charge in [0.05, 0.1) is 0 Å². The zero-order chi connectivity index (χ0) is 16.5. The highest BCUT2D eigenvalue weighted by atomic mass is 19.2. The maximum atomic E-state index is 13.3. The van der Waals surface area contributed by atoms with Crippen molar-refractivity contribution in [1.82, 2.24) is 4.90 Å². The summed E-state index contributed by atoms with van der Waals surface area (Å²) >= 11 is 0. The molecule has 0 spiro atoms. The minimum Gasteiger partial charge on any atom is -0.444 e. The molecule has 0 aromatic heterocycles. The monoisotopic (exact) mass is 316 g/mol. The molecule has 1 amide bonds. The molecule has 0 aliphatic carbocycles. The van der Waals surface area contributed by atoms with E-state index in [0.29, 0.717) is 26.2 Å². The predicted octanol–water partition coefficient (Wildman–Crippen LogP) is 3.16. The van der Waals surface area contributed by atoms with Crippen molar-refractivity contribution in [3.63, 3.8) is 0 Å². The van der Waals surface area contributed by atoms with Crippen LogP contribution in [0.1, 0.15) is 20.8 Å². The van der Waals surface area contributed by atoms with Crippen LogP contribution in [0, 0.1) is 17.5 Å². The van der Waals surface area contributed by atoms with Gasteiger partial charge >= 0.3 is 6.09 Å². The van der Waals surface area contributed by atoms with Gasteiger partial charge in [0.1, 0.15) is 5.60 Å². The van der Waals surface area contributed by atoms with Crippen LogP contribution in [-0.2, 0) is 4.74 Å². The van der Waals surface area contributed by atoms with Crippen LogP contribution in [0.15, 0.2) is 12.1 Å². The van der Waals surface area contributed by atoms with E-state index in [0.717, 1.165) is 12.1 Å². The second kappa shape index (κ2) is 6.06. The normalized spacial score (nSPS) is 15.9. The van der Waals surface area contributed by atoms with Crippen molar-refractivity contribution >= 4 is 11.8 Å². The molecule has 1 aliphatic rings. The molecule has 1 aromatic rings. The number of carbonyl (C=O) groups is 1. The average molecular weight is 316 g/mol. The van der Waals surface area contributed by atoms with E-state index in [2.05, 4.69) is 0 Å². The van der Waals surface area contributed by atoms with Gasteiger partial charge in [0.2, 0.25) is 0 Å². The highest BCUT2D eigenvalue weighted by Gasteiger charge is 2.26. The molecular formula is C15H19F3N2O2. The maximum absolute atomic E-state index is 13.3.